The third-order valence-electron chi connectivity index (χ3n) is 3.63. The number of esters is 1. The Labute approximate surface area is 166 Å². The number of hydrogen-bond donors (Lipinski definition) is 0. The van der Waals surface area contributed by atoms with Gasteiger partial charge in [0, 0.05) is 18.5 Å². The maximum absolute atomic E-state index is 12.2. The monoisotopic (exact) mass is 427 g/mol. The molecule has 0 aliphatic heterocycles. The van der Waals surface area contributed by atoms with Crippen LogP contribution in [0.25, 0.3) is 5.65 Å². The van der Waals surface area contributed by atoms with Crippen molar-refractivity contribution in [2.45, 2.75) is 19.7 Å². The number of nitrogens with zero attached hydrogens (tertiary/aromatic N) is 3. The largest absolute Gasteiger partial charge is 0.467 e. The molecule has 3 aromatic rings. The van der Waals surface area contributed by atoms with Crippen LogP contribution < -0.4 is 10.3 Å². The molecule has 3 heterocycles. The van der Waals surface area contributed by atoms with Crippen LogP contribution in [0.5, 0.6) is 5.88 Å². The van der Waals surface area contributed by atoms with Crippen molar-refractivity contribution in [2.24, 2.45) is 0 Å². The molecule has 0 radical (unpaired) electrons. The molecule has 0 saturated carbocycles. The lowest BCUT2D eigenvalue weighted by Gasteiger charge is -2.10. The standard InChI is InChI=1S/C18H13ClF3N3O4/c1-10-2-3-14-24-12(5-15(26)25(14)7-10)8-28-17(27)11-4-13(19)16(23-6-11)29-9-18(20,21)22/h2-7H,8-9H2,1H3. The first-order chi connectivity index (χ1) is 13.6. The molecule has 0 aromatic carbocycles. The van der Waals surface area contributed by atoms with E-state index in [1.165, 1.54) is 10.5 Å². The highest BCUT2D eigenvalue weighted by molar-refractivity contribution is 6.32. The third kappa shape index (κ3) is 5.23. The molecule has 0 aliphatic carbocycles. The number of alkyl halides is 3. The number of hydrogen-bond acceptors (Lipinski definition) is 6. The number of fused-ring (bicyclic) bond motifs is 1. The van der Waals surface area contributed by atoms with Crippen LogP contribution in [-0.2, 0) is 11.3 Å². The van der Waals surface area contributed by atoms with E-state index in [1.54, 1.807) is 18.3 Å². The lowest BCUT2D eigenvalue weighted by molar-refractivity contribution is -0.154. The van der Waals surface area contributed by atoms with E-state index in [4.69, 9.17) is 16.3 Å². The number of aryl methyl sites for hydroxylation is 1. The minimum atomic E-state index is -4.55. The lowest BCUT2D eigenvalue weighted by Crippen LogP contribution is -2.20. The van der Waals surface area contributed by atoms with Crippen LogP contribution in [0.4, 0.5) is 13.2 Å². The molecule has 0 unspecified atom stereocenters. The summed E-state index contributed by atoms with van der Waals surface area (Å²) in [5.74, 6) is -1.30. The number of aromatic nitrogens is 3. The van der Waals surface area contributed by atoms with Gasteiger partial charge in [-0.05, 0) is 24.6 Å². The molecule has 0 amide bonds. The number of carbonyl (C=O) groups is 1. The first-order valence-electron chi connectivity index (χ1n) is 8.13. The number of ether oxygens (including phenoxy) is 2. The number of carbonyl (C=O) groups excluding carboxylic acids is 1. The molecule has 0 N–H and O–H groups in total. The van der Waals surface area contributed by atoms with Crippen LogP contribution in [0, 0.1) is 6.92 Å². The molecule has 3 rings (SSSR count). The Morgan fingerprint density at radius 3 is 2.72 bits per heavy atom. The Morgan fingerprint density at radius 2 is 2.03 bits per heavy atom. The Balaban J connectivity index is 1.69. The minimum absolute atomic E-state index is 0.0949. The quantitative estimate of drug-likeness (QED) is 0.581. The molecule has 29 heavy (non-hydrogen) atoms. The molecule has 3 aromatic heterocycles. The fourth-order valence-corrected chi connectivity index (χ4v) is 2.57. The van der Waals surface area contributed by atoms with Gasteiger partial charge in [0.15, 0.2) is 6.61 Å². The zero-order chi connectivity index (χ0) is 21.2. The summed E-state index contributed by atoms with van der Waals surface area (Å²) in [4.78, 5) is 32.1. The van der Waals surface area contributed by atoms with Crippen LogP contribution in [0.2, 0.25) is 5.02 Å². The van der Waals surface area contributed by atoms with Crippen LogP contribution in [0.3, 0.4) is 0 Å². The van der Waals surface area contributed by atoms with E-state index < -0.39 is 24.6 Å². The molecular formula is C18H13ClF3N3O4. The fraction of sp³-hybridized carbons (Fsp3) is 0.222. The highest BCUT2D eigenvalue weighted by Gasteiger charge is 2.29. The first-order valence-corrected chi connectivity index (χ1v) is 8.51. The summed E-state index contributed by atoms with van der Waals surface area (Å²) in [6.45, 7) is -0.0191. The number of rotatable bonds is 5. The van der Waals surface area contributed by atoms with Crippen LogP contribution in [-0.4, -0.2) is 33.1 Å². The second-order valence-corrected chi connectivity index (χ2v) is 6.42. The van der Waals surface area contributed by atoms with Gasteiger partial charge >= 0.3 is 12.1 Å². The summed E-state index contributed by atoms with van der Waals surface area (Å²) in [6, 6.07) is 5.76. The zero-order valence-electron chi connectivity index (χ0n) is 14.9. The van der Waals surface area contributed by atoms with Gasteiger partial charge in [-0.3, -0.25) is 9.20 Å². The lowest BCUT2D eigenvalue weighted by atomic mass is 10.3. The summed E-state index contributed by atoms with van der Waals surface area (Å²) in [5, 5.41) is -0.277. The molecule has 0 bridgehead atoms. The summed E-state index contributed by atoms with van der Waals surface area (Å²) in [7, 11) is 0. The molecule has 0 atom stereocenters. The van der Waals surface area contributed by atoms with E-state index in [0.29, 0.717) is 5.65 Å². The molecular weight excluding hydrogens is 415 g/mol. The van der Waals surface area contributed by atoms with Crippen molar-refractivity contribution in [3.05, 3.63) is 68.9 Å². The number of halogens is 4. The summed E-state index contributed by atoms with van der Waals surface area (Å²) < 4.78 is 47.5. The van der Waals surface area contributed by atoms with Crippen molar-refractivity contribution in [1.29, 1.82) is 0 Å². The second kappa shape index (κ2) is 8.08. The molecule has 11 heteroatoms. The van der Waals surface area contributed by atoms with Gasteiger partial charge in [-0.2, -0.15) is 13.2 Å². The average molecular weight is 428 g/mol. The van der Waals surface area contributed by atoms with Crippen molar-refractivity contribution in [3.8, 4) is 5.88 Å². The van der Waals surface area contributed by atoms with E-state index in [0.717, 1.165) is 17.8 Å². The fourth-order valence-electron chi connectivity index (χ4n) is 2.35. The Hall–Kier alpha value is -3.14. The zero-order valence-corrected chi connectivity index (χ0v) is 15.6. The number of pyridine rings is 2. The van der Waals surface area contributed by atoms with Crippen LogP contribution in [0.1, 0.15) is 21.6 Å². The maximum atomic E-state index is 12.2. The highest BCUT2D eigenvalue weighted by atomic mass is 35.5. The average Bonchev–Trinajstić information content (AvgIpc) is 2.65. The Bertz CT molecular complexity index is 1130. The summed E-state index contributed by atoms with van der Waals surface area (Å²) in [5.41, 5.74) is 1.08. The van der Waals surface area contributed by atoms with Crippen molar-refractivity contribution in [3.63, 3.8) is 0 Å². The van der Waals surface area contributed by atoms with E-state index in [-0.39, 0.29) is 28.4 Å². The Kier molecular flexibility index (Phi) is 5.73. The van der Waals surface area contributed by atoms with Gasteiger partial charge in [-0.15, -0.1) is 0 Å². The second-order valence-electron chi connectivity index (χ2n) is 6.01. The summed E-state index contributed by atoms with van der Waals surface area (Å²) >= 11 is 5.80. The van der Waals surface area contributed by atoms with Gasteiger partial charge < -0.3 is 9.47 Å². The van der Waals surface area contributed by atoms with Crippen molar-refractivity contribution in [1.82, 2.24) is 14.4 Å². The van der Waals surface area contributed by atoms with Crippen molar-refractivity contribution >= 4 is 23.2 Å². The predicted molar refractivity (Wildman–Crippen MR) is 96.1 cm³/mol. The van der Waals surface area contributed by atoms with E-state index in [9.17, 15) is 22.8 Å². The van der Waals surface area contributed by atoms with E-state index in [1.807, 2.05) is 6.92 Å². The predicted octanol–water partition coefficient (Wildman–Crippen LogP) is 3.35. The van der Waals surface area contributed by atoms with Gasteiger partial charge in [0.25, 0.3) is 5.56 Å². The SMILES string of the molecule is Cc1ccc2nc(COC(=O)c3cnc(OCC(F)(F)F)c(Cl)c3)cc(=O)n2c1. The third-order valence-corrected chi connectivity index (χ3v) is 3.90. The van der Waals surface area contributed by atoms with Gasteiger partial charge in [0.1, 0.15) is 17.3 Å². The van der Waals surface area contributed by atoms with Crippen LogP contribution in [0.15, 0.2) is 41.5 Å². The van der Waals surface area contributed by atoms with Gasteiger partial charge in [-0.1, -0.05) is 17.7 Å². The highest BCUT2D eigenvalue weighted by Crippen LogP contribution is 2.25. The Morgan fingerprint density at radius 1 is 1.28 bits per heavy atom. The topological polar surface area (TPSA) is 82.8 Å². The molecule has 0 fully saturated rings. The van der Waals surface area contributed by atoms with E-state index in [2.05, 4.69) is 14.7 Å². The minimum Gasteiger partial charge on any atom is -0.467 e. The molecule has 0 spiro atoms. The molecule has 7 nitrogen and oxygen atoms in total. The molecule has 152 valence electrons. The van der Waals surface area contributed by atoms with Crippen molar-refractivity contribution in [2.75, 3.05) is 6.61 Å². The van der Waals surface area contributed by atoms with Crippen molar-refractivity contribution < 1.29 is 27.4 Å². The molecule has 0 aliphatic rings. The molecule has 0 saturated heterocycles. The normalized spacial score (nSPS) is 11.5. The van der Waals surface area contributed by atoms with Gasteiger partial charge in [0.2, 0.25) is 5.88 Å². The smallest absolute Gasteiger partial charge is 0.422 e. The summed E-state index contributed by atoms with van der Waals surface area (Å²) in [6.07, 6.45) is -1.94. The van der Waals surface area contributed by atoms with E-state index >= 15 is 0 Å². The van der Waals surface area contributed by atoms with Crippen LogP contribution >= 0.6 is 11.6 Å². The van der Waals surface area contributed by atoms with Gasteiger partial charge in [-0.25, -0.2) is 14.8 Å². The first kappa shape index (κ1) is 20.6. The van der Waals surface area contributed by atoms with Gasteiger partial charge in [0.05, 0.1) is 11.3 Å². The maximum Gasteiger partial charge on any atom is 0.422 e.